The molecule has 112 valence electrons. The lowest BCUT2D eigenvalue weighted by atomic mass is 10.1. The minimum atomic E-state index is -0.0212. The molecule has 3 N–H and O–H groups in total. The van der Waals surface area contributed by atoms with Crippen molar-refractivity contribution in [2.45, 2.75) is 33.7 Å². The number of hydrogen-bond donors (Lipinski definition) is 2. The third kappa shape index (κ3) is 5.65. The van der Waals surface area contributed by atoms with Crippen LogP contribution in [-0.2, 0) is 17.8 Å². The van der Waals surface area contributed by atoms with E-state index < -0.39 is 0 Å². The van der Waals surface area contributed by atoms with Gasteiger partial charge in [-0.05, 0) is 24.1 Å². The van der Waals surface area contributed by atoms with Crippen molar-refractivity contribution in [3.63, 3.8) is 0 Å². The molecule has 0 saturated carbocycles. The minimum absolute atomic E-state index is 0.0212. The van der Waals surface area contributed by atoms with E-state index in [4.69, 9.17) is 5.73 Å². The highest BCUT2D eigenvalue weighted by Gasteiger charge is 2.05. The van der Waals surface area contributed by atoms with E-state index in [0.717, 1.165) is 16.7 Å². The van der Waals surface area contributed by atoms with Crippen LogP contribution >= 0.6 is 0 Å². The second kappa shape index (κ2) is 8.74. The number of carbonyl (C=O) groups is 1. The molecule has 0 unspecified atom stereocenters. The van der Waals surface area contributed by atoms with Crippen molar-refractivity contribution in [2.24, 2.45) is 0 Å². The molecule has 4 nitrogen and oxygen atoms in total. The Morgan fingerprint density at radius 3 is 2.57 bits per heavy atom. The first-order valence-electron chi connectivity index (χ1n) is 7.17. The van der Waals surface area contributed by atoms with E-state index in [1.807, 2.05) is 57.2 Å². The van der Waals surface area contributed by atoms with Crippen LogP contribution in [0.4, 0.5) is 5.82 Å². The van der Waals surface area contributed by atoms with E-state index in [-0.39, 0.29) is 5.91 Å². The second-order valence-electron chi connectivity index (χ2n) is 4.50. The number of hydrogen-bond acceptors (Lipinski definition) is 3. The maximum atomic E-state index is 11.8. The largest absolute Gasteiger partial charge is 0.383 e. The fourth-order valence-corrected chi connectivity index (χ4v) is 1.82. The molecular weight excluding hydrogens is 262 g/mol. The van der Waals surface area contributed by atoms with E-state index in [0.29, 0.717) is 18.8 Å². The molecule has 0 bridgehead atoms. The molecule has 0 saturated heterocycles. The Bertz CT molecular complexity index is 568. The monoisotopic (exact) mass is 285 g/mol. The fourth-order valence-electron chi connectivity index (χ4n) is 1.82. The lowest BCUT2D eigenvalue weighted by molar-refractivity contribution is -0.120. The highest BCUT2D eigenvalue weighted by molar-refractivity contribution is 5.78. The molecule has 0 aliphatic carbocycles. The third-order valence-corrected chi connectivity index (χ3v) is 2.82. The zero-order valence-corrected chi connectivity index (χ0v) is 12.9. The summed E-state index contributed by atoms with van der Waals surface area (Å²) < 4.78 is 0. The van der Waals surface area contributed by atoms with Gasteiger partial charge in [0.2, 0.25) is 5.91 Å². The number of pyridine rings is 1. The Hall–Kier alpha value is -2.36. The molecule has 1 aromatic heterocycles. The number of anilines is 1. The van der Waals surface area contributed by atoms with Crippen LogP contribution in [0.3, 0.4) is 0 Å². The number of nitrogens with two attached hydrogens (primary N) is 1. The predicted octanol–water partition coefficient (Wildman–Crippen LogP) is 2.86. The molecule has 0 atom stereocenters. The van der Waals surface area contributed by atoms with Gasteiger partial charge >= 0.3 is 0 Å². The third-order valence-electron chi connectivity index (χ3n) is 2.82. The Balaban J connectivity index is 0.00000106. The summed E-state index contributed by atoms with van der Waals surface area (Å²) in [5.74, 6) is 0.442. The molecule has 1 aromatic carbocycles. The lowest BCUT2D eigenvalue weighted by Gasteiger charge is -2.08. The van der Waals surface area contributed by atoms with Crippen molar-refractivity contribution in [3.8, 4) is 0 Å². The zero-order chi connectivity index (χ0) is 15.7. The van der Waals surface area contributed by atoms with E-state index in [9.17, 15) is 4.79 Å². The van der Waals surface area contributed by atoms with Gasteiger partial charge in [-0.25, -0.2) is 4.98 Å². The van der Waals surface area contributed by atoms with Gasteiger partial charge in [-0.2, -0.15) is 0 Å². The average molecular weight is 285 g/mol. The molecule has 21 heavy (non-hydrogen) atoms. The number of aromatic nitrogens is 1. The first kappa shape index (κ1) is 16.7. The topological polar surface area (TPSA) is 68.0 Å². The van der Waals surface area contributed by atoms with Crippen molar-refractivity contribution < 1.29 is 4.79 Å². The molecule has 0 aliphatic heterocycles. The Morgan fingerprint density at radius 2 is 1.90 bits per heavy atom. The van der Waals surface area contributed by atoms with Gasteiger partial charge in [-0.15, -0.1) is 0 Å². The highest BCUT2D eigenvalue weighted by Crippen LogP contribution is 2.09. The van der Waals surface area contributed by atoms with Crippen LogP contribution < -0.4 is 11.1 Å². The summed E-state index contributed by atoms with van der Waals surface area (Å²) in [5.41, 5.74) is 8.64. The number of aryl methyl sites for hydroxylation is 1. The van der Waals surface area contributed by atoms with Crippen molar-refractivity contribution in [1.82, 2.24) is 10.3 Å². The van der Waals surface area contributed by atoms with Crippen LogP contribution in [0.15, 0.2) is 42.6 Å². The molecule has 0 fully saturated rings. The summed E-state index contributed by atoms with van der Waals surface area (Å²) in [6, 6.07) is 11.6. The number of amides is 1. The fraction of sp³-hybridized carbons (Fsp3) is 0.294. The first-order valence-corrected chi connectivity index (χ1v) is 7.17. The van der Waals surface area contributed by atoms with E-state index in [1.54, 1.807) is 6.20 Å². The SMILES string of the molecule is CC.Cc1cnc(N)c(CNC(=O)Cc2ccccc2)c1. The number of nitrogens with zero attached hydrogens (tertiary/aromatic N) is 1. The molecule has 1 heterocycles. The molecule has 0 aliphatic rings. The van der Waals surface area contributed by atoms with Crippen LogP contribution in [0, 0.1) is 6.92 Å². The van der Waals surface area contributed by atoms with Crippen molar-refractivity contribution >= 4 is 11.7 Å². The van der Waals surface area contributed by atoms with Crippen molar-refractivity contribution in [3.05, 3.63) is 59.3 Å². The molecule has 2 rings (SSSR count). The number of carbonyl (C=O) groups excluding carboxylic acids is 1. The average Bonchev–Trinajstić information content (AvgIpc) is 2.51. The summed E-state index contributed by atoms with van der Waals surface area (Å²) in [6.07, 6.45) is 2.09. The Kier molecular flexibility index (Phi) is 6.95. The number of nitrogens with one attached hydrogen (secondary N) is 1. The van der Waals surface area contributed by atoms with Crippen molar-refractivity contribution in [2.75, 3.05) is 5.73 Å². The van der Waals surface area contributed by atoms with Gasteiger partial charge < -0.3 is 11.1 Å². The zero-order valence-electron chi connectivity index (χ0n) is 12.9. The summed E-state index contributed by atoms with van der Waals surface area (Å²) in [7, 11) is 0. The van der Waals surface area contributed by atoms with E-state index in [2.05, 4.69) is 10.3 Å². The van der Waals surface area contributed by atoms with Crippen LogP contribution in [0.5, 0.6) is 0 Å². The van der Waals surface area contributed by atoms with Gasteiger partial charge in [-0.3, -0.25) is 4.79 Å². The summed E-state index contributed by atoms with van der Waals surface area (Å²) in [5, 5.41) is 2.86. The molecule has 4 heteroatoms. The summed E-state index contributed by atoms with van der Waals surface area (Å²) >= 11 is 0. The van der Waals surface area contributed by atoms with Gasteiger partial charge in [0, 0.05) is 18.3 Å². The maximum absolute atomic E-state index is 11.8. The minimum Gasteiger partial charge on any atom is -0.383 e. The quantitative estimate of drug-likeness (QED) is 0.907. The Labute approximate surface area is 126 Å². The van der Waals surface area contributed by atoms with Crippen LogP contribution in [0.1, 0.15) is 30.5 Å². The highest BCUT2D eigenvalue weighted by atomic mass is 16.1. The molecule has 0 radical (unpaired) electrons. The summed E-state index contributed by atoms with van der Waals surface area (Å²) in [4.78, 5) is 15.9. The predicted molar refractivity (Wildman–Crippen MR) is 86.7 cm³/mol. The van der Waals surface area contributed by atoms with Crippen LogP contribution in [-0.4, -0.2) is 10.9 Å². The van der Waals surface area contributed by atoms with Gasteiger partial charge in [0.1, 0.15) is 5.82 Å². The van der Waals surface area contributed by atoms with Crippen molar-refractivity contribution in [1.29, 1.82) is 0 Å². The standard InChI is InChI=1S/C15H17N3O.C2H6/c1-11-7-13(15(16)18-9-11)10-17-14(19)8-12-5-3-2-4-6-12;1-2/h2-7,9H,8,10H2,1H3,(H2,16,18)(H,17,19);1-2H3. The Morgan fingerprint density at radius 1 is 1.24 bits per heavy atom. The first-order chi connectivity index (χ1) is 10.1. The number of rotatable bonds is 4. The molecule has 2 aromatic rings. The second-order valence-corrected chi connectivity index (χ2v) is 4.50. The van der Waals surface area contributed by atoms with Gasteiger partial charge in [0.05, 0.1) is 6.42 Å². The molecular formula is C17H23N3O. The number of nitrogen functional groups attached to an aromatic ring is 1. The summed E-state index contributed by atoms with van der Waals surface area (Å²) in [6.45, 7) is 6.36. The van der Waals surface area contributed by atoms with Gasteiger partial charge in [-0.1, -0.05) is 44.2 Å². The van der Waals surface area contributed by atoms with Crippen LogP contribution in [0.25, 0.3) is 0 Å². The molecule has 1 amide bonds. The van der Waals surface area contributed by atoms with Crippen LogP contribution in [0.2, 0.25) is 0 Å². The number of benzene rings is 1. The van der Waals surface area contributed by atoms with Gasteiger partial charge in [0.25, 0.3) is 0 Å². The molecule has 0 spiro atoms. The van der Waals surface area contributed by atoms with E-state index >= 15 is 0 Å². The normalized spacial score (nSPS) is 9.48. The lowest BCUT2D eigenvalue weighted by Crippen LogP contribution is -2.25. The smallest absolute Gasteiger partial charge is 0.224 e. The maximum Gasteiger partial charge on any atom is 0.224 e. The van der Waals surface area contributed by atoms with E-state index in [1.165, 1.54) is 0 Å². The van der Waals surface area contributed by atoms with Gasteiger partial charge in [0.15, 0.2) is 0 Å².